The molecule has 0 saturated carbocycles. The van der Waals surface area contributed by atoms with Gasteiger partial charge >= 0.3 is 12.1 Å². The number of aliphatic carboxylic acids is 1. The highest BCUT2D eigenvalue weighted by Gasteiger charge is 2.35. The third-order valence-corrected chi connectivity index (χ3v) is 5.06. The third kappa shape index (κ3) is 7.91. The molecule has 1 heterocycles. The van der Waals surface area contributed by atoms with E-state index in [1.54, 1.807) is 25.7 Å². The fourth-order valence-electron chi connectivity index (χ4n) is 3.07. The van der Waals surface area contributed by atoms with Crippen molar-refractivity contribution in [3.63, 3.8) is 0 Å². The molecule has 166 valence electrons. The SMILES string of the molecule is CCC(C)C(NC(=O)OC(C)(C)C)C(=O)N1CCC(C(=O)NC(C)C(=O)O)CC1. The molecule has 1 rings (SSSR count). The summed E-state index contributed by atoms with van der Waals surface area (Å²) in [6, 6.07) is -1.65. The summed E-state index contributed by atoms with van der Waals surface area (Å²) in [5.74, 6) is -2.00. The number of hydrogen-bond donors (Lipinski definition) is 3. The van der Waals surface area contributed by atoms with Crippen LogP contribution in [0, 0.1) is 11.8 Å². The van der Waals surface area contributed by atoms with Gasteiger partial charge in [0.2, 0.25) is 11.8 Å². The van der Waals surface area contributed by atoms with E-state index in [0.717, 1.165) is 0 Å². The Morgan fingerprint density at radius 3 is 2.10 bits per heavy atom. The van der Waals surface area contributed by atoms with E-state index in [4.69, 9.17) is 9.84 Å². The monoisotopic (exact) mass is 413 g/mol. The summed E-state index contributed by atoms with van der Waals surface area (Å²) in [6.07, 6.45) is 0.971. The lowest BCUT2D eigenvalue weighted by molar-refractivity contribution is -0.142. The number of likely N-dealkylation sites (tertiary alicyclic amines) is 1. The zero-order valence-corrected chi connectivity index (χ0v) is 18.3. The van der Waals surface area contributed by atoms with E-state index in [9.17, 15) is 19.2 Å². The number of carbonyl (C=O) groups excluding carboxylic acids is 3. The lowest BCUT2D eigenvalue weighted by Crippen LogP contribution is -2.55. The molecule has 1 fully saturated rings. The Hall–Kier alpha value is -2.32. The molecular formula is C20H35N3O6. The largest absolute Gasteiger partial charge is 0.480 e. The second-order valence-electron chi connectivity index (χ2n) is 8.68. The molecule has 3 amide bonds. The van der Waals surface area contributed by atoms with Crippen molar-refractivity contribution in [2.24, 2.45) is 11.8 Å². The Labute approximate surface area is 172 Å². The Balaban J connectivity index is 2.69. The minimum Gasteiger partial charge on any atom is -0.480 e. The fraction of sp³-hybridized carbons (Fsp3) is 0.800. The first kappa shape index (κ1) is 24.7. The second kappa shape index (κ2) is 10.5. The predicted octanol–water partition coefficient (Wildman–Crippen LogP) is 1.75. The van der Waals surface area contributed by atoms with Crippen molar-refractivity contribution in [2.45, 2.75) is 78.5 Å². The molecule has 0 bridgehead atoms. The van der Waals surface area contributed by atoms with Gasteiger partial charge < -0.3 is 25.4 Å². The average Bonchev–Trinajstić information content (AvgIpc) is 2.63. The standard InChI is InChI=1S/C20H35N3O6/c1-7-12(2)15(22-19(28)29-20(4,5)6)17(25)23-10-8-14(9-11-23)16(24)21-13(3)18(26)27/h12-15H,7-11H2,1-6H3,(H,21,24)(H,22,28)(H,26,27). The maximum absolute atomic E-state index is 13.0. The summed E-state index contributed by atoms with van der Waals surface area (Å²) in [5, 5.41) is 14.1. The molecule has 0 radical (unpaired) electrons. The zero-order valence-electron chi connectivity index (χ0n) is 18.3. The van der Waals surface area contributed by atoms with Crippen LogP contribution in [0.4, 0.5) is 4.79 Å². The normalized spacial score (nSPS) is 18.3. The molecule has 9 nitrogen and oxygen atoms in total. The number of rotatable bonds is 7. The number of hydrogen-bond acceptors (Lipinski definition) is 5. The van der Waals surface area contributed by atoms with Gasteiger partial charge in [0.15, 0.2) is 0 Å². The highest BCUT2D eigenvalue weighted by Crippen LogP contribution is 2.21. The Morgan fingerprint density at radius 1 is 1.10 bits per heavy atom. The summed E-state index contributed by atoms with van der Waals surface area (Å²) in [6.45, 7) is 11.3. The van der Waals surface area contributed by atoms with E-state index >= 15 is 0 Å². The first-order valence-electron chi connectivity index (χ1n) is 10.2. The van der Waals surface area contributed by atoms with E-state index in [-0.39, 0.29) is 23.7 Å². The quantitative estimate of drug-likeness (QED) is 0.584. The van der Waals surface area contributed by atoms with Crippen LogP contribution in [0.2, 0.25) is 0 Å². The molecule has 3 unspecified atom stereocenters. The number of alkyl carbamates (subject to hydrolysis) is 1. The molecule has 1 saturated heterocycles. The number of ether oxygens (including phenoxy) is 1. The fourth-order valence-corrected chi connectivity index (χ4v) is 3.07. The van der Waals surface area contributed by atoms with Gasteiger partial charge in [0.25, 0.3) is 0 Å². The molecule has 3 atom stereocenters. The van der Waals surface area contributed by atoms with E-state index < -0.39 is 29.7 Å². The Morgan fingerprint density at radius 2 is 1.66 bits per heavy atom. The van der Waals surface area contributed by atoms with E-state index in [0.29, 0.717) is 32.4 Å². The van der Waals surface area contributed by atoms with Crippen molar-refractivity contribution >= 4 is 23.9 Å². The summed E-state index contributed by atoms with van der Waals surface area (Å²) in [4.78, 5) is 49.9. The predicted molar refractivity (Wildman–Crippen MR) is 107 cm³/mol. The Kier molecular flexibility index (Phi) is 8.91. The molecule has 1 aliphatic rings. The summed E-state index contributed by atoms with van der Waals surface area (Å²) < 4.78 is 5.28. The van der Waals surface area contributed by atoms with Crippen LogP contribution in [-0.4, -0.2) is 64.7 Å². The minimum atomic E-state index is -1.09. The first-order valence-corrected chi connectivity index (χ1v) is 10.2. The number of carbonyl (C=O) groups is 4. The highest BCUT2D eigenvalue weighted by atomic mass is 16.6. The van der Waals surface area contributed by atoms with Gasteiger partial charge in [-0.3, -0.25) is 14.4 Å². The topological polar surface area (TPSA) is 125 Å². The maximum atomic E-state index is 13.0. The molecule has 9 heteroatoms. The molecule has 3 N–H and O–H groups in total. The van der Waals surface area contributed by atoms with Gasteiger partial charge in [0.05, 0.1) is 0 Å². The molecule has 0 spiro atoms. The van der Waals surface area contributed by atoms with Crippen LogP contribution in [0.5, 0.6) is 0 Å². The van der Waals surface area contributed by atoms with Crippen LogP contribution < -0.4 is 10.6 Å². The van der Waals surface area contributed by atoms with Gasteiger partial charge in [-0.25, -0.2) is 4.79 Å². The van der Waals surface area contributed by atoms with E-state index in [1.807, 2.05) is 13.8 Å². The number of carboxylic acids is 1. The molecule has 0 aromatic rings. The number of amides is 3. The van der Waals surface area contributed by atoms with Gasteiger partial charge in [-0.15, -0.1) is 0 Å². The minimum absolute atomic E-state index is 0.0764. The van der Waals surface area contributed by atoms with Crippen LogP contribution in [0.15, 0.2) is 0 Å². The summed E-state index contributed by atoms with van der Waals surface area (Å²) >= 11 is 0. The van der Waals surface area contributed by atoms with Crippen LogP contribution in [0.3, 0.4) is 0 Å². The first-order chi connectivity index (χ1) is 13.4. The van der Waals surface area contributed by atoms with Crippen LogP contribution in [0.1, 0.15) is 60.8 Å². The van der Waals surface area contributed by atoms with Gasteiger partial charge in [-0.2, -0.15) is 0 Å². The van der Waals surface area contributed by atoms with Gasteiger partial charge in [-0.05, 0) is 46.5 Å². The molecule has 0 aliphatic carbocycles. The molecule has 29 heavy (non-hydrogen) atoms. The van der Waals surface area contributed by atoms with E-state index in [2.05, 4.69) is 10.6 Å². The van der Waals surface area contributed by atoms with Crippen molar-refractivity contribution in [3.05, 3.63) is 0 Å². The lowest BCUT2D eigenvalue weighted by atomic mass is 9.93. The maximum Gasteiger partial charge on any atom is 0.408 e. The van der Waals surface area contributed by atoms with Crippen molar-refractivity contribution in [1.82, 2.24) is 15.5 Å². The van der Waals surface area contributed by atoms with Crippen molar-refractivity contribution < 1.29 is 29.0 Å². The van der Waals surface area contributed by atoms with Crippen molar-refractivity contribution in [3.8, 4) is 0 Å². The number of piperidine rings is 1. The molecule has 0 aromatic heterocycles. The zero-order chi connectivity index (χ0) is 22.4. The average molecular weight is 414 g/mol. The van der Waals surface area contributed by atoms with Crippen molar-refractivity contribution in [1.29, 1.82) is 0 Å². The van der Waals surface area contributed by atoms with E-state index in [1.165, 1.54) is 6.92 Å². The lowest BCUT2D eigenvalue weighted by Gasteiger charge is -2.35. The number of nitrogens with one attached hydrogen (secondary N) is 2. The molecular weight excluding hydrogens is 378 g/mol. The second-order valence-corrected chi connectivity index (χ2v) is 8.68. The summed E-state index contributed by atoms with van der Waals surface area (Å²) in [5.41, 5.74) is -0.661. The molecule has 0 aromatic carbocycles. The van der Waals surface area contributed by atoms with Crippen LogP contribution >= 0.6 is 0 Å². The van der Waals surface area contributed by atoms with Gasteiger partial charge in [-0.1, -0.05) is 20.3 Å². The Bertz CT molecular complexity index is 608. The highest BCUT2D eigenvalue weighted by molar-refractivity contribution is 5.87. The number of carboxylic acid groups (broad SMARTS) is 1. The van der Waals surface area contributed by atoms with Crippen LogP contribution in [0.25, 0.3) is 0 Å². The number of nitrogens with zero attached hydrogens (tertiary/aromatic N) is 1. The van der Waals surface area contributed by atoms with Crippen LogP contribution in [-0.2, 0) is 19.1 Å². The van der Waals surface area contributed by atoms with Gasteiger partial charge in [0, 0.05) is 19.0 Å². The smallest absolute Gasteiger partial charge is 0.408 e. The van der Waals surface area contributed by atoms with Gasteiger partial charge in [0.1, 0.15) is 17.7 Å². The van der Waals surface area contributed by atoms with Crippen molar-refractivity contribution in [2.75, 3.05) is 13.1 Å². The summed E-state index contributed by atoms with van der Waals surface area (Å²) in [7, 11) is 0. The third-order valence-electron chi connectivity index (χ3n) is 5.06. The molecule has 1 aliphatic heterocycles.